The number of hydrogen-bond donors (Lipinski definition) is 2. The van der Waals surface area contributed by atoms with Crippen LogP contribution in [0.3, 0.4) is 0 Å². The average Bonchev–Trinajstić information content (AvgIpc) is 3.13. The monoisotopic (exact) mass is 426 g/mol. The van der Waals surface area contributed by atoms with Crippen molar-refractivity contribution in [3.8, 4) is 11.1 Å². The maximum Gasteiger partial charge on any atom is 0.287 e. The van der Waals surface area contributed by atoms with E-state index in [9.17, 15) is 9.59 Å². The van der Waals surface area contributed by atoms with E-state index in [0.717, 1.165) is 16.7 Å². The molecule has 1 heterocycles. The number of furan rings is 1. The normalized spacial score (nSPS) is 11.6. The lowest BCUT2D eigenvalue weighted by atomic mass is 10.0. The lowest BCUT2D eigenvalue weighted by molar-refractivity contribution is -0.120. The van der Waals surface area contributed by atoms with Gasteiger partial charge in [-0.1, -0.05) is 54.6 Å². The van der Waals surface area contributed by atoms with Gasteiger partial charge in [-0.15, -0.1) is 0 Å². The molecule has 3 aromatic rings. The molecule has 138 valence electrons. The summed E-state index contributed by atoms with van der Waals surface area (Å²) in [6, 6.07) is 21.1. The number of rotatable bonds is 6. The Bertz CT molecular complexity index is 920. The third kappa shape index (κ3) is 5.08. The van der Waals surface area contributed by atoms with Crippen LogP contribution in [0.15, 0.2) is 75.8 Å². The zero-order valence-electron chi connectivity index (χ0n) is 14.7. The second kappa shape index (κ2) is 8.68. The van der Waals surface area contributed by atoms with Crippen molar-refractivity contribution in [3.63, 3.8) is 0 Å². The molecule has 1 atom stereocenters. The Kier molecular flexibility index (Phi) is 6.08. The first kappa shape index (κ1) is 18.9. The average molecular weight is 427 g/mol. The lowest BCUT2D eigenvalue weighted by Crippen LogP contribution is -2.37. The van der Waals surface area contributed by atoms with Crippen molar-refractivity contribution in [1.82, 2.24) is 10.6 Å². The van der Waals surface area contributed by atoms with Crippen LogP contribution in [0, 0.1) is 0 Å². The Hall–Kier alpha value is -2.86. The third-order valence-corrected chi connectivity index (χ3v) is 4.53. The van der Waals surface area contributed by atoms with Gasteiger partial charge in [0.1, 0.15) is 0 Å². The smallest absolute Gasteiger partial charge is 0.287 e. The minimum atomic E-state index is -0.435. The summed E-state index contributed by atoms with van der Waals surface area (Å²) >= 11 is 3.13. The van der Waals surface area contributed by atoms with Crippen molar-refractivity contribution in [2.75, 3.05) is 6.54 Å². The maximum atomic E-state index is 12.1. The van der Waals surface area contributed by atoms with Gasteiger partial charge in [0.2, 0.25) is 5.91 Å². The van der Waals surface area contributed by atoms with Crippen LogP contribution in [0.1, 0.15) is 29.1 Å². The Morgan fingerprint density at radius 1 is 0.963 bits per heavy atom. The molecule has 2 N–H and O–H groups in total. The molecule has 2 aromatic carbocycles. The fraction of sp³-hybridized carbons (Fsp3) is 0.143. The maximum absolute atomic E-state index is 12.1. The highest BCUT2D eigenvalue weighted by molar-refractivity contribution is 9.10. The van der Waals surface area contributed by atoms with Crippen LogP contribution < -0.4 is 10.6 Å². The van der Waals surface area contributed by atoms with Gasteiger partial charge in [-0.2, -0.15) is 0 Å². The largest absolute Gasteiger partial charge is 0.444 e. The molecule has 0 bridgehead atoms. The molecule has 27 heavy (non-hydrogen) atoms. The van der Waals surface area contributed by atoms with Crippen LogP contribution in [0.4, 0.5) is 0 Å². The van der Waals surface area contributed by atoms with E-state index in [-0.39, 0.29) is 24.3 Å². The van der Waals surface area contributed by atoms with E-state index < -0.39 is 5.91 Å². The topological polar surface area (TPSA) is 71.3 Å². The van der Waals surface area contributed by atoms with Crippen molar-refractivity contribution < 1.29 is 14.0 Å². The van der Waals surface area contributed by atoms with Gasteiger partial charge in [0.25, 0.3) is 5.91 Å². The summed E-state index contributed by atoms with van der Waals surface area (Å²) in [6.07, 6.45) is 0. The van der Waals surface area contributed by atoms with Crippen LogP contribution in [-0.2, 0) is 4.79 Å². The molecule has 0 aliphatic heterocycles. The highest BCUT2D eigenvalue weighted by atomic mass is 79.9. The molecular weight excluding hydrogens is 408 g/mol. The fourth-order valence-electron chi connectivity index (χ4n) is 2.65. The molecule has 0 radical (unpaired) electrons. The van der Waals surface area contributed by atoms with Crippen LogP contribution >= 0.6 is 15.9 Å². The molecular formula is C21H19BrN2O3. The van der Waals surface area contributed by atoms with E-state index >= 15 is 0 Å². The molecule has 1 aromatic heterocycles. The zero-order valence-corrected chi connectivity index (χ0v) is 16.3. The molecule has 3 rings (SSSR count). The Morgan fingerprint density at radius 3 is 2.26 bits per heavy atom. The first-order valence-electron chi connectivity index (χ1n) is 8.51. The molecule has 0 saturated carbocycles. The Balaban J connectivity index is 1.52. The summed E-state index contributed by atoms with van der Waals surface area (Å²) in [5.74, 6) is -0.552. The first-order chi connectivity index (χ1) is 13.0. The number of halogens is 1. The van der Waals surface area contributed by atoms with Gasteiger partial charge < -0.3 is 15.1 Å². The van der Waals surface area contributed by atoms with Gasteiger partial charge >= 0.3 is 0 Å². The number of carbonyl (C=O) groups is 2. The van der Waals surface area contributed by atoms with Crippen molar-refractivity contribution in [2.24, 2.45) is 0 Å². The van der Waals surface area contributed by atoms with E-state index in [4.69, 9.17) is 4.42 Å². The SMILES string of the molecule is CC(NC(=O)CNC(=O)c1ccc(Br)o1)c1ccc(-c2ccccc2)cc1. The summed E-state index contributed by atoms with van der Waals surface area (Å²) in [5, 5.41) is 5.41. The van der Waals surface area contributed by atoms with Crippen molar-refractivity contribution in [1.29, 1.82) is 0 Å². The van der Waals surface area contributed by atoms with Crippen molar-refractivity contribution >= 4 is 27.7 Å². The number of benzene rings is 2. The number of carbonyl (C=O) groups excluding carboxylic acids is 2. The summed E-state index contributed by atoms with van der Waals surface area (Å²) in [5.41, 5.74) is 3.26. The Labute approximate surface area is 165 Å². The van der Waals surface area contributed by atoms with E-state index in [0.29, 0.717) is 4.67 Å². The second-order valence-corrected chi connectivity index (χ2v) is 6.85. The van der Waals surface area contributed by atoms with E-state index in [1.165, 1.54) is 6.07 Å². The molecule has 6 heteroatoms. The third-order valence-electron chi connectivity index (χ3n) is 4.10. The second-order valence-electron chi connectivity index (χ2n) is 6.06. The highest BCUT2D eigenvalue weighted by Crippen LogP contribution is 2.21. The first-order valence-corrected chi connectivity index (χ1v) is 9.30. The predicted octanol–water partition coefficient (Wildman–Crippen LogP) is 4.32. The van der Waals surface area contributed by atoms with Crippen LogP contribution in [0.25, 0.3) is 11.1 Å². The van der Waals surface area contributed by atoms with Gasteiger partial charge in [0, 0.05) is 0 Å². The highest BCUT2D eigenvalue weighted by Gasteiger charge is 2.14. The van der Waals surface area contributed by atoms with E-state index in [2.05, 4.69) is 38.7 Å². The number of hydrogen-bond acceptors (Lipinski definition) is 3. The molecule has 0 saturated heterocycles. The standard InChI is InChI=1S/C21H19BrN2O3/c1-14(15-7-9-17(10-8-15)16-5-3-2-4-6-16)24-20(25)13-23-21(26)18-11-12-19(22)27-18/h2-12,14H,13H2,1H3,(H,23,26)(H,24,25). The quantitative estimate of drug-likeness (QED) is 0.616. The molecule has 5 nitrogen and oxygen atoms in total. The molecule has 1 unspecified atom stereocenters. The van der Waals surface area contributed by atoms with E-state index in [1.54, 1.807) is 6.07 Å². The minimum Gasteiger partial charge on any atom is -0.444 e. The summed E-state index contributed by atoms with van der Waals surface area (Å²) in [7, 11) is 0. The summed E-state index contributed by atoms with van der Waals surface area (Å²) < 4.78 is 5.61. The van der Waals surface area contributed by atoms with Crippen LogP contribution in [0.2, 0.25) is 0 Å². The molecule has 2 amide bonds. The molecule has 0 aliphatic rings. The lowest BCUT2D eigenvalue weighted by Gasteiger charge is -2.15. The van der Waals surface area contributed by atoms with Gasteiger partial charge in [0.05, 0.1) is 12.6 Å². The van der Waals surface area contributed by atoms with Gasteiger partial charge in [-0.3, -0.25) is 9.59 Å². The summed E-state index contributed by atoms with van der Waals surface area (Å²) in [6.45, 7) is 1.78. The summed E-state index contributed by atoms with van der Waals surface area (Å²) in [4.78, 5) is 24.0. The number of nitrogens with one attached hydrogen (secondary N) is 2. The van der Waals surface area contributed by atoms with Gasteiger partial charge in [0.15, 0.2) is 10.4 Å². The van der Waals surface area contributed by atoms with Crippen LogP contribution in [0.5, 0.6) is 0 Å². The molecule has 0 aliphatic carbocycles. The number of amides is 2. The molecule has 0 fully saturated rings. The predicted molar refractivity (Wildman–Crippen MR) is 107 cm³/mol. The van der Waals surface area contributed by atoms with Gasteiger partial charge in [-0.25, -0.2) is 0 Å². The van der Waals surface area contributed by atoms with Crippen molar-refractivity contribution in [2.45, 2.75) is 13.0 Å². The zero-order chi connectivity index (χ0) is 19.2. The van der Waals surface area contributed by atoms with Crippen molar-refractivity contribution in [3.05, 3.63) is 82.7 Å². The molecule has 0 spiro atoms. The fourth-order valence-corrected chi connectivity index (χ4v) is 2.96. The van der Waals surface area contributed by atoms with Gasteiger partial charge in [-0.05, 0) is 51.7 Å². The Morgan fingerprint density at radius 2 is 1.63 bits per heavy atom. The van der Waals surface area contributed by atoms with Crippen LogP contribution in [-0.4, -0.2) is 18.4 Å². The minimum absolute atomic E-state index is 0.121. The van der Waals surface area contributed by atoms with E-state index in [1.807, 2.05) is 49.4 Å².